The minimum atomic E-state index is 0.907. The second kappa shape index (κ2) is 5.76. The molecule has 5 atom stereocenters. The van der Waals surface area contributed by atoms with Crippen LogP contribution in [0.15, 0.2) is 0 Å². The fourth-order valence-corrected chi connectivity index (χ4v) is 4.72. The molecule has 2 aliphatic rings. The molecule has 2 aliphatic carbocycles. The maximum atomic E-state index is 2.53. The van der Waals surface area contributed by atoms with Crippen LogP contribution in [-0.4, -0.2) is 0 Å². The Morgan fingerprint density at radius 1 is 0.824 bits per heavy atom. The summed E-state index contributed by atoms with van der Waals surface area (Å²) in [5, 5.41) is 0. The highest BCUT2D eigenvalue weighted by Crippen LogP contribution is 2.47. The molecule has 2 rings (SSSR count). The van der Waals surface area contributed by atoms with Crippen molar-refractivity contribution in [2.75, 3.05) is 0 Å². The second-order valence-corrected chi connectivity index (χ2v) is 7.42. The molecule has 2 fully saturated rings. The summed E-state index contributed by atoms with van der Waals surface area (Å²) in [6.07, 6.45) is 10.5. The topological polar surface area (TPSA) is 0 Å². The van der Waals surface area contributed by atoms with Crippen LogP contribution in [0.25, 0.3) is 0 Å². The van der Waals surface area contributed by atoms with Gasteiger partial charge in [0.1, 0.15) is 0 Å². The monoisotopic (exact) mass is 236 g/mol. The molecular weight excluding hydrogens is 204 g/mol. The van der Waals surface area contributed by atoms with Crippen molar-refractivity contribution in [2.45, 2.75) is 72.6 Å². The second-order valence-electron chi connectivity index (χ2n) is 7.42. The summed E-state index contributed by atoms with van der Waals surface area (Å²) in [4.78, 5) is 0. The largest absolute Gasteiger partial charge is 0.0625 e. The average Bonchev–Trinajstić information content (AvgIpc) is 2.32. The third kappa shape index (κ3) is 3.06. The molecule has 0 radical (unpaired) electrons. The van der Waals surface area contributed by atoms with E-state index in [-0.39, 0.29) is 0 Å². The fourth-order valence-electron chi connectivity index (χ4n) is 4.72. The first kappa shape index (κ1) is 13.4. The van der Waals surface area contributed by atoms with Gasteiger partial charge in [0.25, 0.3) is 0 Å². The molecule has 0 nitrogen and oxygen atoms in total. The van der Waals surface area contributed by atoms with Crippen molar-refractivity contribution in [3.63, 3.8) is 0 Å². The van der Waals surface area contributed by atoms with Crippen LogP contribution in [0.3, 0.4) is 0 Å². The van der Waals surface area contributed by atoms with Gasteiger partial charge in [0.15, 0.2) is 0 Å². The zero-order valence-corrected chi connectivity index (χ0v) is 12.4. The summed E-state index contributed by atoms with van der Waals surface area (Å²) in [5.41, 5.74) is 0. The van der Waals surface area contributed by atoms with E-state index in [1.54, 1.807) is 0 Å². The average molecular weight is 236 g/mol. The molecule has 0 aliphatic heterocycles. The maximum absolute atomic E-state index is 2.53. The summed E-state index contributed by atoms with van der Waals surface area (Å²) < 4.78 is 0. The quantitative estimate of drug-likeness (QED) is 0.592. The highest BCUT2D eigenvalue weighted by molar-refractivity contribution is 4.88. The Kier molecular flexibility index (Phi) is 4.55. The van der Waals surface area contributed by atoms with E-state index in [1.165, 1.54) is 44.9 Å². The Hall–Kier alpha value is 0. The predicted octanol–water partition coefficient (Wildman–Crippen LogP) is 5.52. The van der Waals surface area contributed by atoms with E-state index in [4.69, 9.17) is 0 Å². The standard InChI is InChI=1S/C17H32/c1-12(2)15-7-5-6-8-16(15)17-11-13(3)9-10-14(17)4/h12-17H,5-11H2,1-4H3. The van der Waals surface area contributed by atoms with Gasteiger partial charge in [0.2, 0.25) is 0 Å². The first-order valence-corrected chi connectivity index (χ1v) is 8.09. The van der Waals surface area contributed by atoms with Gasteiger partial charge in [0.05, 0.1) is 0 Å². The molecule has 2 saturated carbocycles. The Morgan fingerprint density at radius 3 is 2.24 bits per heavy atom. The summed E-state index contributed by atoms with van der Waals surface area (Å²) in [6, 6.07) is 0. The van der Waals surface area contributed by atoms with E-state index in [0.717, 1.165) is 35.5 Å². The summed E-state index contributed by atoms with van der Waals surface area (Å²) in [5.74, 6) is 6.03. The van der Waals surface area contributed by atoms with Gasteiger partial charge >= 0.3 is 0 Å². The smallest absolute Gasteiger partial charge is 0.0352 e. The Morgan fingerprint density at radius 2 is 1.53 bits per heavy atom. The SMILES string of the molecule is CC1CCC(C)C(C2CCCCC2C(C)C)C1. The molecular formula is C17H32. The van der Waals surface area contributed by atoms with Crippen LogP contribution in [-0.2, 0) is 0 Å². The molecule has 0 aromatic heterocycles. The van der Waals surface area contributed by atoms with Crippen molar-refractivity contribution in [2.24, 2.45) is 35.5 Å². The van der Waals surface area contributed by atoms with Gasteiger partial charge in [-0.3, -0.25) is 0 Å². The minimum absolute atomic E-state index is 0.907. The van der Waals surface area contributed by atoms with Crippen molar-refractivity contribution in [1.82, 2.24) is 0 Å². The first-order chi connectivity index (χ1) is 8.09. The summed E-state index contributed by atoms with van der Waals surface area (Å²) >= 11 is 0. The van der Waals surface area contributed by atoms with Crippen molar-refractivity contribution in [1.29, 1.82) is 0 Å². The Balaban J connectivity index is 2.06. The molecule has 100 valence electrons. The van der Waals surface area contributed by atoms with Crippen LogP contribution in [0.4, 0.5) is 0 Å². The normalized spacial score (nSPS) is 43.9. The van der Waals surface area contributed by atoms with E-state index < -0.39 is 0 Å². The van der Waals surface area contributed by atoms with Gasteiger partial charge in [-0.2, -0.15) is 0 Å². The third-order valence-electron chi connectivity index (χ3n) is 5.80. The number of hydrogen-bond acceptors (Lipinski definition) is 0. The van der Waals surface area contributed by atoms with Gasteiger partial charge in [-0.15, -0.1) is 0 Å². The molecule has 0 spiro atoms. The van der Waals surface area contributed by atoms with Gasteiger partial charge < -0.3 is 0 Å². The van der Waals surface area contributed by atoms with Crippen LogP contribution in [0.5, 0.6) is 0 Å². The van der Waals surface area contributed by atoms with Crippen molar-refractivity contribution < 1.29 is 0 Å². The lowest BCUT2D eigenvalue weighted by Gasteiger charge is -2.45. The van der Waals surface area contributed by atoms with Gasteiger partial charge in [-0.05, 0) is 54.8 Å². The van der Waals surface area contributed by atoms with Crippen LogP contribution >= 0.6 is 0 Å². The molecule has 0 amide bonds. The van der Waals surface area contributed by atoms with E-state index in [0.29, 0.717) is 0 Å². The minimum Gasteiger partial charge on any atom is -0.0625 e. The lowest BCUT2D eigenvalue weighted by atomic mass is 9.60. The Labute approximate surface area is 109 Å². The highest BCUT2D eigenvalue weighted by Gasteiger charge is 2.38. The number of hydrogen-bond donors (Lipinski definition) is 0. The molecule has 5 unspecified atom stereocenters. The van der Waals surface area contributed by atoms with Gasteiger partial charge in [-0.1, -0.05) is 53.4 Å². The van der Waals surface area contributed by atoms with E-state index >= 15 is 0 Å². The summed E-state index contributed by atoms with van der Waals surface area (Å²) in [6.45, 7) is 9.93. The zero-order valence-electron chi connectivity index (χ0n) is 12.4. The van der Waals surface area contributed by atoms with Gasteiger partial charge in [-0.25, -0.2) is 0 Å². The maximum Gasteiger partial charge on any atom is -0.0352 e. The lowest BCUT2D eigenvalue weighted by molar-refractivity contribution is 0.0500. The van der Waals surface area contributed by atoms with E-state index in [9.17, 15) is 0 Å². The Bertz CT molecular complexity index is 230. The van der Waals surface area contributed by atoms with Crippen LogP contribution < -0.4 is 0 Å². The predicted molar refractivity (Wildman–Crippen MR) is 76.0 cm³/mol. The van der Waals surface area contributed by atoms with Crippen LogP contribution in [0, 0.1) is 35.5 Å². The van der Waals surface area contributed by atoms with E-state index in [2.05, 4.69) is 27.7 Å². The summed E-state index contributed by atoms with van der Waals surface area (Å²) in [7, 11) is 0. The zero-order chi connectivity index (χ0) is 12.4. The molecule has 0 heteroatoms. The molecule has 0 aromatic rings. The van der Waals surface area contributed by atoms with Crippen molar-refractivity contribution in [3.8, 4) is 0 Å². The van der Waals surface area contributed by atoms with Crippen molar-refractivity contribution >= 4 is 0 Å². The fraction of sp³-hybridized carbons (Fsp3) is 1.00. The van der Waals surface area contributed by atoms with Crippen LogP contribution in [0.2, 0.25) is 0 Å². The van der Waals surface area contributed by atoms with Crippen molar-refractivity contribution in [3.05, 3.63) is 0 Å². The first-order valence-electron chi connectivity index (χ1n) is 8.09. The molecule has 0 aromatic carbocycles. The lowest BCUT2D eigenvalue weighted by Crippen LogP contribution is -2.36. The van der Waals surface area contributed by atoms with Gasteiger partial charge in [0, 0.05) is 0 Å². The molecule has 17 heavy (non-hydrogen) atoms. The molecule has 0 bridgehead atoms. The number of rotatable bonds is 2. The molecule has 0 N–H and O–H groups in total. The molecule has 0 heterocycles. The van der Waals surface area contributed by atoms with E-state index in [1.807, 2.05) is 0 Å². The highest BCUT2D eigenvalue weighted by atomic mass is 14.4. The van der Waals surface area contributed by atoms with Crippen LogP contribution in [0.1, 0.15) is 72.6 Å². The molecule has 0 saturated heterocycles. The third-order valence-corrected chi connectivity index (χ3v) is 5.80.